The Hall–Kier alpha value is -1.53. The van der Waals surface area contributed by atoms with E-state index in [-0.39, 0.29) is 0 Å². The summed E-state index contributed by atoms with van der Waals surface area (Å²) in [5, 5.41) is 0. The Kier molecular flexibility index (Phi) is 3.08. The minimum atomic E-state index is -0.486. The number of hydrogen-bond donors (Lipinski definition) is 0. The topological polar surface area (TPSA) is 53.7 Å². The lowest BCUT2D eigenvalue weighted by Crippen LogP contribution is -2.41. The van der Waals surface area contributed by atoms with Gasteiger partial charge in [-0.25, -0.2) is 4.98 Å². The van der Waals surface area contributed by atoms with Crippen molar-refractivity contribution in [2.45, 2.75) is 45.8 Å². The fourth-order valence-electron chi connectivity index (χ4n) is 2.42. The number of aryl methyl sites for hydroxylation is 1. The van der Waals surface area contributed by atoms with Gasteiger partial charge >= 0.3 is 7.12 Å². The Morgan fingerprint density at radius 2 is 1.71 bits per heavy atom. The first-order valence-corrected chi connectivity index (χ1v) is 7.04. The van der Waals surface area contributed by atoms with E-state index in [1.165, 1.54) is 0 Å². The zero-order chi connectivity index (χ0) is 15.4. The van der Waals surface area contributed by atoms with Gasteiger partial charge in [0.1, 0.15) is 11.3 Å². The van der Waals surface area contributed by atoms with Gasteiger partial charge < -0.3 is 18.5 Å². The molecule has 3 rings (SSSR count). The molecule has 1 aliphatic heterocycles. The lowest BCUT2D eigenvalue weighted by atomic mass is 9.78. The fraction of sp³-hybridized carbons (Fsp3) is 0.533. The van der Waals surface area contributed by atoms with E-state index in [0.717, 1.165) is 11.0 Å². The summed E-state index contributed by atoms with van der Waals surface area (Å²) in [6.07, 6.45) is 0. The second-order valence-electron chi connectivity index (χ2n) is 6.38. The summed E-state index contributed by atoms with van der Waals surface area (Å²) in [5.41, 5.74) is 1.51. The molecule has 0 spiro atoms. The maximum atomic E-state index is 6.08. The van der Waals surface area contributed by atoms with Crippen LogP contribution in [0.4, 0.5) is 0 Å². The number of aromatic nitrogens is 1. The van der Waals surface area contributed by atoms with Crippen LogP contribution in [0.2, 0.25) is 0 Å². The van der Waals surface area contributed by atoms with Crippen LogP contribution in [0.15, 0.2) is 16.5 Å². The molecule has 1 saturated heterocycles. The van der Waals surface area contributed by atoms with Gasteiger partial charge in [-0.1, -0.05) is 0 Å². The van der Waals surface area contributed by atoms with E-state index in [1.807, 2.05) is 46.8 Å². The number of nitrogens with zero attached hydrogens (tertiary/aromatic N) is 1. The number of oxazole rings is 1. The molecular formula is C15H20BNO4. The van der Waals surface area contributed by atoms with Crippen molar-refractivity contribution in [2.75, 3.05) is 7.11 Å². The van der Waals surface area contributed by atoms with Crippen molar-refractivity contribution < 1.29 is 18.5 Å². The molecule has 112 valence electrons. The minimum absolute atomic E-state index is 0.394. The summed E-state index contributed by atoms with van der Waals surface area (Å²) < 4.78 is 23.2. The predicted octanol–water partition coefficient (Wildman–Crippen LogP) is 2.44. The predicted molar refractivity (Wildman–Crippen MR) is 81.0 cm³/mol. The Morgan fingerprint density at radius 1 is 1.10 bits per heavy atom. The van der Waals surface area contributed by atoms with E-state index >= 15 is 0 Å². The van der Waals surface area contributed by atoms with Crippen LogP contribution in [0.5, 0.6) is 5.75 Å². The lowest BCUT2D eigenvalue weighted by molar-refractivity contribution is 0.00578. The van der Waals surface area contributed by atoms with Crippen molar-refractivity contribution >= 4 is 23.7 Å². The molecule has 0 radical (unpaired) electrons. The molecule has 1 aliphatic rings. The lowest BCUT2D eigenvalue weighted by Gasteiger charge is -2.32. The molecule has 1 aromatic carbocycles. The van der Waals surface area contributed by atoms with Gasteiger partial charge in [0.15, 0.2) is 11.5 Å². The molecule has 2 aromatic rings. The van der Waals surface area contributed by atoms with Gasteiger partial charge in [-0.3, -0.25) is 0 Å². The van der Waals surface area contributed by atoms with Gasteiger partial charge in [0.05, 0.1) is 18.3 Å². The monoisotopic (exact) mass is 289 g/mol. The van der Waals surface area contributed by atoms with Crippen LogP contribution in [0.1, 0.15) is 33.6 Å². The number of ether oxygens (including phenoxy) is 1. The maximum Gasteiger partial charge on any atom is 0.498 e. The van der Waals surface area contributed by atoms with Crippen LogP contribution < -0.4 is 10.2 Å². The Balaban J connectivity index is 2.08. The molecule has 2 heterocycles. The molecule has 6 heteroatoms. The molecule has 0 N–H and O–H groups in total. The average Bonchev–Trinajstić information content (AvgIpc) is 2.83. The Morgan fingerprint density at radius 3 is 2.29 bits per heavy atom. The van der Waals surface area contributed by atoms with Gasteiger partial charge in [0.25, 0.3) is 0 Å². The quantitative estimate of drug-likeness (QED) is 0.795. The third-order valence-electron chi connectivity index (χ3n) is 4.35. The first-order valence-electron chi connectivity index (χ1n) is 7.04. The molecule has 1 fully saturated rings. The van der Waals surface area contributed by atoms with Crippen LogP contribution in [-0.2, 0) is 9.31 Å². The highest BCUT2D eigenvalue weighted by molar-refractivity contribution is 6.63. The molecular weight excluding hydrogens is 269 g/mol. The second kappa shape index (κ2) is 4.48. The fourth-order valence-corrected chi connectivity index (χ4v) is 2.42. The molecule has 0 saturated carbocycles. The summed E-state index contributed by atoms with van der Waals surface area (Å²) in [5.74, 6) is 1.31. The van der Waals surface area contributed by atoms with Gasteiger partial charge in [-0.2, -0.15) is 0 Å². The highest BCUT2D eigenvalue weighted by Gasteiger charge is 2.52. The molecule has 0 amide bonds. The molecule has 0 bridgehead atoms. The Bertz CT molecular complexity index is 676. The largest absolute Gasteiger partial charge is 0.498 e. The Labute approximate surface area is 124 Å². The number of rotatable bonds is 2. The van der Waals surface area contributed by atoms with Crippen molar-refractivity contribution in [1.82, 2.24) is 4.98 Å². The van der Waals surface area contributed by atoms with Crippen LogP contribution in [0, 0.1) is 6.92 Å². The number of fused-ring (bicyclic) bond motifs is 1. The van der Waals surface area contributed by atoms with Crippen molar-refractivity contribution in [3.8, 4) is 5.75 Å². The summed E-state index contributed by atoms with van der Waals surface area (Å²) >= 11 is 0. The summed E-state index contributed by atoms with van der Waals surface area (Å²) in [6.45, 7) is 9.92. The number of hydrogen-bond acceptors (Lipinski definition) is 5. The first kappa shape index (κ1) is 14.4. The summed E-state index contributed by atoms with van der Waals surface area (Å²) in [6, 6.07) is 3.74. The van der Waals surface area contributed by atoms with E-state index in [4.69, 9.17) is 18.5 Å². The molecule has 1 aromatic heterocycles. The maximum absolute atomic E-state index is 6.08. The van der Waals surface area contributed by atoms with E-state index in [1.54, 1.807) is 7.11 Å². The van der Waals surface area contributed by atoms with Crippen LogP contribution >= 0.6 is 0 Å². The third-order valence-corrected chi connectivity index (χ3v) is 4.35. The number of methoxy groups -OCH3 is 1. The minimum Gasteiger partial charge on any atom is -0.497 e. The third kappa shape index (κ3) is 2.22. The van der Waals surface area contributed by atoms with Gasteiger partial charge in [0.2, 0.25) is 0 Å². The normalized spacial score (nSPS) is 20.2. The molecule has 0 aliphatic carbocycles. The molecule has 0 atom stereocenters. The van der Waals surface area contributed by atoms with Crippen molar-refractivity contribution in [3.05, 3.63) is 18.0 Å². The van der Waals surface area contributed by atoms with E-state index < -0.39 is 18.3 Å². The smallest absolute Gasteiger partial charge is 0.497 e. The zero-order valence-electron chi connectivity index (χ0n) is 13.3. The van der Waals surface area contributed by atoms with Crippen molar-refractivity contribution in [1.29, 1.82) is 0 Å². The van der Waals surface area contributed by atoms with Crippen LogP contribution in [0.3, 0.4) is 0 Å². The molecule has 0 unspecified atom stereocenters. The highest BCUT2D eigenvalue weighted by Crippen LogP contribution is 2.37. The summed E-state index contributed by atoms with van der Waals surface area (Å²) in [7, 11) is 1.14. The van der Waals surface area contributed by atoms with Gasteiger partial charge in [0, 0.05) is 18.5 Å². The van der Waals surface area contributed by atoms with Gasteiger partial charge in [-0.05, 0) is 33.8 Å². The SMILES string of the molecule is COc1cc2nc(C)oc2cc1B1OC(C)(C)C(C)(C)O1. The van der Waals surface area contributed by atoms with Crippen LogP contribution in [-0.4, -0.2) is 30.4 Å². The average molecular weight is 289 g/mol. The zero-order valence-corrected chi connectivity index (χ0v) is 13.3. The van der Waals surface area contributed by atoms with Gasteiger partial charge in [-0.15, -0.1) is 0 Å². The van der Waals surface area contributed by atoms with Crippen LogP contribution in [0.25, 0.3) is 11.1 Å². The molecule has 5 nitrogen and oxygen atoms in total. The van der Waals surface area contributed by atoms with Crippen molar-refractivity contribution in [3.63, 3.8) is 0 Å². The van der Waals surface area contributed by atoms with Crippen molar-refractivity contribution in [2.24, 2.45) is 0 Å². The number of benzene rings is 1. The first-order chi connectivity index (χ1) is 9.73. The molecule has 21 heavy (non-hydrogen) atoms. The summed E-state index contributed by atoms with van der Waals surface area (Å²) in [4.78, 5) is 4.32. The highest BCUT2D eigenvalue weighted by atomic mass is 16.7. The standard InChI is InChI=1S/C15H20BNO4/c1-9-17-11-8-12(18-6)10(7-13(11)19-9)16-20-14(2,3)15(4,5)21-16/h7-8H,1-6H3. The van der Waals surface area contributed by atoms with E-state index in [9.17, 15) is 0 Å². The van der Waals surface area contributed by atoms with E-state index in [2.05, 4.69) is 4.98 Å². The van der Waals surface area contributed by atoms with E-state index in [0.29, 0.717) is 17.2 Å². The second-order valence-corrected chi connectivity index (χ2v) is 6.38.